The molecule has 7 rings (SSSR count). The fourth-order valence-corrected chi connectivity index (χ4v) is 13.5. The largest absolute Gasteiger partial charge is 0.481 e. The Bertz CT molecular complexity index is 1430. The summed E-state index contributed by atoms with van der Waals surface area (Å²) in [5, 5.41) is 73.3. The molecule has 2 aliphatic heterocycles. The molecule has 2 heterocycles. The highest BCUT2D eigenvalue weighted by Crippen LogP contribution is 2.76. The van der Waals surface area contributed by atoms with Gasteiger partial charge in [0.05, 0.1) is 24.7 Å². The normalized spacial score (nSPS) is 53.3. The van der Waals surface area contributed by atoms with Gasteiger partial charge in [-0.2, -0.15) is 0 Å². The zero-order valence-corrected chi connectivity index (χ0v) is 32.7. The number of hydrogen-bond acceptors (Lipinski definition) is 11. The number of aliphatic hydroxyl groups excluding tert-OH is 6. The Morgan fingerprint density at radius 1 is 0.755 bits per heavy atom. The average Bonchev–Trinajstić information content (AvgIpc) is 3.08. The SMILES string of the molecule is CC1(C)C=C2[C@@H]3CC[C@@H]4[C@@]5(C)CC[C@H](O[C@@H]6OC[C@H](O)[C@H](O)[C@H]6O[C@@H]6O[C@H](CO)[C@@H](O)[C@H](O)[C@H]6O)C(C)(C)[C@@H]5CC[C@@]4(C)[C@]3(C)CC[C@@]2(C(=O)O)CC1. The van der Waals surface area contributed by atoms with E-state index in [9.17, 15) is 40.5 Å². The van der Waals surface area contributed by atoms with E-state index in [2.05, 4.69) is 54.5 Å². The summed E-state index contributed by atoms with van der Waals surface area (Å²) in [5.41, 5.74) is 0.185. The Hall–Kier alpha value is -1.19. The lowest BCUT2D eigenvalue weighted by Gasteiger charge is -2.72. The van der Waals surface area contributed by atoms with Gasteiger partial charge in [-0.05, 0) is 109 Å². The monoisotopic (exact) mass is 750 g/mol. The molecule has 53 heavy (non-hydrogen) atoms. The number of carbonyl (C=O) groups is 1. The summed E-state index contributed by atoms with van der Waals surface area (Å²) in [5.74, 6) is 0.376. The fraction of sp³-hybridized carbons (Fsp3) is 0.927. The minimum Gasteiger partial charge on any atom is -0.481 e. The van der Waals surface area contributed by atoms with Crippen LogP contribution < -0.4 is 0 Å². The lowest BCUT2D eigenvalue weighted by molar-refractivity contribution is -0.367. The fourth-order valence-electron chi connectivity index (χ4n) is 13.5. The van der Waals surface area contributed by atoms with Crippen LogP contribution in [0.15, 0.2) is 11.6 Å². The van der Waals surface area contributed by atoms with Crippen LogP contribution in [0.3, 0.4) is 0 Å². The quantitative estimate of drug-likeness (QED) is 0.155. The molecule has 0 aromatic carbocycles. The molecule has 17 atom stereocenters. The minimum absolute atomic E-state index is 0.00854. The number of carboxylic acids is 1. The van der Waals surface area contributed by atoms with Crippen molar-refractivity contribution in [1.82, 2.24) is 0 Å². The molecule has 0 radical (unpaired) electrons. The molecule has 12 nitrogen and oxygen atoms in total. The standard InChI is InChI=1S/C41H66O12/c1-36(2)14-16-41(35(48)49)17-15-39(6)21(22(41)18-36)8-9-26-38(5)12-11-27(37(3,4)25(38)10-13-40(26,39)7)52-34-32(28(44)23(43)20-50-34)53-33-31(47)30(46)29(45)24(19-42)51-33/h18,21,23-34,42-47H,8-17,19-20H2,1-7H3,(H,48,49)/t21-,23-,24+,25-,26+,27-,28-,29+,30-,31+,32+,33-,34-,38-,39+,40+,41-/m0/s1. The van der Waals surface area contributed by atoms with Crippen molar-refractivity contribution in [3.63, 3.8) is 0 Å². The highest BCUT2D eigenvalue weighted by atomic mass is 16.8. The number of carboxylic acid groups (broad SMARTS) is 1. The molecule has 6 fully saturated rings. The van der Waals surface area contributed by atoms with Crippen molar-refractivity contribution in [1.29, 1.82) is 0 Å². The van der Waals surface area contributed by atoms with Gasteiger partial charge in [0.15, 0.2) is 12.6 Å². The van der Waals surface area contributed by atoms with Crippen molar-refractivity contribution in [2.24, 2.45) is 50.2 Å². The third-order valence-electron chi connectivity index (χ3n) is 16.8. The second-order valence-corrected chi connectivity index (χ2v) is 20.1. The third kappa shape index (κ3) is 5.94. The van der Waals surface area contributed by atoms with Crippen molar-refractivity contribution in [2.45, 2.75) is 174 Å². The maximum Gasteiger partial charge on any atom is 0.313 e. The van der Waals surface area contributed by atoms with Gasteiger partial charge in [0.25, 0.3) is 0 Å². The van der Waals surface area contributed by atoms with E-state index in [1.54, 1.807) is 0 Å². The molecule has 0 bridgehead atoms. The summed E-state index contributed by atoms with van der Waals surface area (Å²) < 4.78 is 24.3. The molecule has 5 aliphatic carbocycles. The molecular weight excluding hydrogens is 684 g/mol. The first kappa shape index (κ1) is 40.0. The van der Waals surface area contributed by atoms with Crippen molar-refractivity contribution in [3.05, 3.63) is 11.6 Å². The Kier molecular flexibility index (Phi) is 10.2. The van der Waals surface area contributed by atoms with Gasteiger partial charge >= 0.3 is 5.97 Å². The molecule has 4 saturated carbocycles. The molecule has 0 unspecified atom stereocenters. The molecule has 2 saturated heterocycles. The number of allylic oxidation sites excluding steroid dienone is 1. The smallest absolute Gasteiger partial charge is 0.313 e. The van der Waals surface area contributed by atoms with Crippen LogP contribution in [0.25, 0.3) is 0 Å². The highest BCUT2D eigenvalue weighted by Gasteiger charge is 2.70. The van der Waals surface area contributed by atoms with Crippen LogP contribution in [0.1, 0.15) is 113 Å². The summed E-state index contributed by atoms with van der Waals surface area (Å²) in [6.07, 6.45) is -1.71. The van der Waals surface area contributed by atoms with Crippen molar-refractivity contribution in [2.75, 3.05) is 13.2 Å². The molecule has 7 N–H and O–H groups in total. The molecule has 302 valence electrons. The van der Waals surface area contributed by atoms with E-state index in [1.807, 2.05) is 0 Å². The number of aliphatic hydroxyl groups is 6. The lowest BCUT2D eigenvalue weighted by atomic mass is 9.32. The van der Waals surface area contributed by atoms with Crippen LogP contribution in [0, 0.1) is 50.2 Å². The van der Waals surface area contributed by atoms with Gasteiger partial charge in [0, 0.05) is 0 Å². The van der Waals surface area contributed by atoms with E-state index in [0.717, 1.165) is 57.8 Å². The Labute approximate surface area is 314 Å². The number of rotatable bonds is 6. The molecular formula is C41H66O12. The number of fused-ring (bicyclic) bond motifs is 7. The first-order chi connectivity index (χ1) is 24.7. The number of ether oxygens (including phenoxy) is 4. The molecule has 0 aromatic rings. The topological polar surface area (TPSA) is 196 Å². The summed E-state index contributed by atoms with van der Waals surface area (Å²) in [6.45, 7) is 15.7. The summed E-state index contributed by atoms with van der Waals surface area (Å²) in [7, 11) is 0. The van der Waals surface area contributed by atoms with E-state index >= 15 is 0 Å². The van der Waals surface area contributed by atoms with Gasteiger partial charge in [0.1, 0.15) is 42.7 Å². The van der Waals surface area contributed by atoms with E-state index in [-0.39, 0.29) is 45.7 Å². The summed E-state index contributed by atoms with van der Waals surface area (Å²) in [6, 6.07) is 0. The van der Waals surface area contributed by atoms with Crippen molar-refractivity contribution >= 4 is 5.97 Å². The maximum absolute atomic E-state index is 13.0. The third-order valence-corrected chi connectivity index (χ3v) is 16.8. The Morgan fingerprint density at radius 2 is 1.45 bits per heavy atom. The zero-order valence-electron chi connectivity index (χ0n) is 32.7. The number of aliphatic carboxylic acids is 1. The van der Waals surface area contributed by atoms with Crippen LogP contribution in [-0.4, -0.2) is 116 Å². The van der Waals surface area contributed by atoms with Gasteiger partial charge in [-0.15, -0.1) is 0 Å². The first-order valence-electron chi connectivity index (χ1n) is 20.2. The van der Waals surface area contributed by atoms with Gasteiger partial charge in [0.2, 0.25) is 0 Å². The van der Waals surface area contributed by atoms with Crippen LogP contribution in [0.2, 0.25) is 0 Å². The van der Waals surface area contributed by atoms with E-state index in [4.69, 9.17) is 18.9 Å². The molecule has 12 heteroatoms. The predicted molar refractivity (Wildman–Crippen MR) is 192 cm³/mol. The average molecular weight is 751 g/mol. The Morgan fingerprint density at radius 3 is 2.13 bits per heavy atom. The molecule has 0 spiro atoms. The number of hydrogen-bond donors (Lipinski definition) is 7. The van der Waals surface area contributed by atoms with Crippen LogP contribution >= 0.6 is 0 Å². The molecule has 0 amide bonds. The van der Waals surface area contributed by atoms with Gasteiger partial charge < -0.3 is 54.7 Å². The van der Waals surface area contributed by atoms with E-state index in [1.165, 1.54) is 5.57 Å². The van der Waals surface area contributed by atoms with E-state index < -0.39 is 73.3 Å². The van der Waals surface area contributed by atoms with Crippen molar-refractivity contribution < 1.29 is 59.5 Å². The second kappa shape index (κ2) is 13.5. The van der Waals surface area contributed by atoms with Gasteiger partial charge in [-0.3, -0.25) is 4.79 Å². The summed E-state index contributed by atoms with van der Waals surface area (Å²) in [4.78, 5) is 13.0. The maximum atomic E-state index is 13.0. The molecule has 0 aromatic heterocycles. The van der Waals surface area contributed by atoms with Gasteiger partial charge in [-0.25, -0.2) is 0 Å². The zero-order chi connectivity index (χ0) is 38.7. The summed E-state index contributed by atoms with van der Waals surface area (Å²) >= 11 is 0. The first-order valence-corrected chi connectivity index (χ1v) is 20.2. The second-order valence-electron chi connectivity index (χ2n) is 20.1. The van der Waals surface area contributed by atoms with E-state index in [0.29, 0.717) is 18.3 Å². The predicted octanol–water partition coefficient (Wildman–Crippen LogP) is 3.52. The van der Waals surface area contributed by atoms with Crippen LogP contribution in [-0.2, 0) is 23.7 Å². The molecule has 7 aliphatic rings. The van der Waals surface area contributed by atoms with Gasteiger partial charge in [-0.1, -0.05) is 60.1 Å². The Balaban J connectivity index is 1.12. The lowest BCUT2D eigenvalue weighted by Crippen LogP contribution is -2.67. The van der Waals surface area contributed by atoms with Crippen LogP contribution in [0.4, 0.5) is 0 Å². The minimum atomic E-state index is -1.69. The highest BCUT2D eigenvalue weighted by molar-refractivity contribution is 5.80. The van der Waals surface area contributed by atoms with Crippen LogP contribution in [0.5, 0.6) is 0 Å². The van der Waals surface area contributed by atoms with Crippen molar-refractivity contribution in [3.8, 4) is 0 Å².